The van der Waals surface area contributed by atoms with Gasteiger partial charge in [-0.2, -0.15) is 0 Å². The second-order valence-electron chi connectivity index (χ2n) is 18.3. The maximum absolute atomic E-state index is 11.8. The van der Waals surface area contributed by atoms with E-state index < -0.39 is 18.0 Å². The van der Waals surface area contributed by atoms with E-state index in [-0.39, 0.29) is 0 Å². The molecule has 334 valence electrons. The fourth-order valence-corrected chi connectivity index (χ4v) is 8.67. The number of unbranched alkanes of at least 4 members (excludes halogenated alkanes) is 41. The van der Waals surface area contributed by atoms with Gasteiger partial charge < -0.3 is 10.2 Å². The molecule has 0 spiro atoms. The third-order valence-electron chi connectivity index (χ3n) is 12.7. The highest BCUT2D eigenvalue weighted by Gasteiger charge is 2.25. The fraction of sp³-hybridized carbons (Fsp3) is 0.943. The summed E-state index contributed by atoms with van der Waals surface area (Å²) in [6.07, 6.45) is 64.9. The van der Waals surface area contributed by atoms with Crippen LogP contribution in [0.15, 0.2) is 12.2 Å². The predicted octanol–water partition coefficient (Wildman–Crippen LogP) is 18.6. The summed E-state index contributed by atoms with van der Waals surface area (Å²) >= 11 is 0. The molecule has 2 atom stereocenters. The number of carboxylic acids is 1. The quantitative estimate of drug-likeness (QED) is 0.0477. The topological polar surface area (TPSA) is 57.5 Å². The molecule has 0 heterocycles. The molecule has 0 saturated heterocycles. The lowest BCUT2D eigenvalue weighted by Gasteiger charge is -2.19. The maximum Gasteiger partial charge on any atom is 0.309 e. The minimum Gasteiger partial charge on any atom is -0.481 e. The van der Waals surface area contributed by atoms with Gasteiger partial charge in [-0.3, -0.25) is 4.79 Å². The van der Waals surface area contributed by atoms with Gasteiger partial charge in [-0.1, -0.05) is 283 Å². The molecule has 0 aliphatic heterocycles. The van der Waals surface area contributed by atoms with Gasteiger partial charge in [-0.15, -0.1) is 0 Å². The van der Waals surface area contributed by atoms with Crippen LogP contribution in [0.25, 0.3) is 0 Å². The minimum atomic E-state index is -0.805. The van der Waals surface area contributed by atoms with Crippen LogP contribution in [0.1, 0.15) is 309 Å². The number of aliphatic hydroxyl groups is 1. The van der Waals surface area contributed by atoms with Gasteiger partial charge in [0.1, 0.15) is 0 Å². The highest BCUT2D eigenvalue weighted by Crippen LogP contribution is 2.22. The van der Waals surface area contributed by atoms with Crippen LogP contribution in [0.4, 0.5) is 0 Å². The second kappa shape index (κ2) is 48.5. The van der Waals surface area contributed by atoms with Gasteiger partial charge in [0, 0.05) is 0 Å². The lowest BCUT2D eigenvalue weighted by atomic mass is 9.91. The Morgan fingerprint density at radius 3 is 0.804 bits per heavy atom. The van der Waals surface area contributed by atoms with Crippen LogP contribution >= 0.6 is 0 Å². The molecule has 0 aliphatic rings. The smallest absolute Gasteiger partial charge is 0.309 e. The normalized spacial score (nSPS) is 12.9. The molecule has 0 bridgehead atoms. The molecule has 0 saturated carbocycles. The van der Waals surface area contributed by atoms with Crippen LogP contribution in [0.5, 0.6) is 0 Å². The van der Waals surface area contributed by atoms with Gasteiger partial charge in [0.2, 0.25) is 0 Å². The van der Waals surface area contributed by atoms with E-state index >= 15 is 0 Å². The first-order valence-corrected chi connectivity index (χ1v) is 26.2. The van der Waals surface area contributed by atoms with E-state index in [0.717, 1.165) is 25.7 Å². The molecular formula is C53H104O3. The van der Waals surface area contributed by atoms with E-state index in [2.05, 4.69) is 26.0 Å². The summed E-state index contributed by atoms with van der Waals surface area (Å²) in [4.78, 5) is 11.8. The van der Waals surface area contributed by atoms with Crippen molar-refractivity contribution in [2.45, 2.75) is 315 Å². The Balaban J connectivity index is 3.43. The summed E-state index contributed by atoms with van der Waals surface area (Å²) in [5.41, 5.74) is 0. The largest absolute Gasteiger partial charge is 0.481 e. The Bertz CT molecular complexity index is 762. The van der Waals surface area contributed by atoms with Crippen molar-refractivity contribution in [2.24, 2.45) is 5.92 Å². The van der Waals surface area contributed by atoms with E-state index in [1.54, 1.807) is 0 Å². The van der Waals surface area contributed by atoms with E-state index in [9.17, 15) is 15.0 Å². The van der Waals surface area contributed by atoms with Gasteiger partial charge in [0.15, 0.2) is 0 Å². The summed E-state index contributed by atoms with van der Waals surface area (Å²) in [5.74, 6) is -1.39. The standard InChI is InChI=1S/C53H104O3/c1-3-5-7-9-11-13-15-17-19-21-23-24-25-26-27-28-29-30-31-32-34-36-38-40-42-44-46-48-50-52(54)51(53(55)56)49-47-45-43-41-39-37-35-33-22-20-18-16-14-12-10-8-6-4-2/h28-29,51-52,54H,3-27,30-50H2,1-2H3,(H,55,56)/b29-28-. The van der Waals surface area contributed by atoms with Crippen molar-refractivity contribution in [3.8, 4) is 0 Å². The average molecular weight is 789 g/mol. The summed E-state index contributed by atoms with van der Waals surface area (Å²) in [5, 5.41) is 20.4. The molecule has 2 N–H and O–H groups in total. The van der Waals surface area contributed by atoms with E-state index in [1.807, 2.05) is 0 Å². The van der Waals surface area contributed by atoms with Gasteiger partial charge >= 0.3 is 5.97 Å². The number of aliphatic hydroxyl groups excluding tert-OH is 1. The number of hydrogen-bond donors (Lipinski definition) is 2. The molecule has 56 heavy (non-hydrogen) atoms. The molecule has 0 radical (unpaired) electrons. The van der Waals surface area contributed by atoms with Crippen molar-refractivity contribution in [1.29, 1.82) is 0 Å². The Morgan fingerprint density at radius 2 is 0.554 bits per heavy atom. The highest BCUT2D eigenvalue weighted by molar-refractivity contribution is 5.70. The van der Waals surface area contributed by atoms with Crippen LogP contribution in [0.3, 0.4) is 0 Å². The average Bonchev–Trinajstić information content (AvgIpc) is 3.19. The Morgan fingerprint density at radius 1 is 0.339 bits per heavy atom. The second-order valence-corrected chi connectivity index (χ2v) is 18.3. The molecule has 0 aliphatic carbocycles. The van der Waals surface area contributed by atoms with Gasteiger partial charge in [-0.05, 0) is 38.5 Å². The zero-order valence-corrected chi connectivity index (χ0v) is 38.6. The first kappa shape index (κ1) is 55.2. The zero-order valence-electron chi connectivity index (χ0n) is 38.6. The van der Waals surface area contributed by atoms with Crippen molar-refractivity contribution in [3.05, 3.63) is 12.2 Å². The lowest BCUT2D eigenvalue weighted by Crippen LogP contribution is -2.28. The molecule has 0 fully saturated rings. The molecular weight excluding hydrogens is 685 g/mol. The molecule has 2 unspecified atom stereocenters. The van der Waals surface area contributed by atoms with Gasteiger partial charge in [-0.25, -0.2) is 0 Å². The molecule has 3 nitrogen and oxygen atoms in total. The number of rotatable bonds is 49. The van der Waals surface area contributed by atoms with Gasteiger partial charge in [0.25, 0.3) is 0 Å². The highest BCUT2D eigenvalue weighted by atomic mass is 16.4. The molecule has 0 aromatic carbocycles. The predicted molar refractivity (Wildman–Crippen MR) is 250 cm³/mol. The fourth-order valence-electron chi connectivity index (χ4n) is 8.67. The van der Waals surface area contributed by atoms with Crippen molar-refractivity contribution in [2.75, 3.05) is 0 Å². The van der Waals surface area contributed by atoms with E-state index in [0.29, 0.717) is 12.8 Å². The molecule has 0 aromatic heterocycles. The number of hydrogen-bond acceptors (Lipinski definition) is 2. The Hall–Kier alpha value is -0.830. The van der Waals surface area contributed by atoms with E-state index in [1.165, 1.54) is 257 Å². The van der Waals surface area contributed by atoms with Gasteiger partial charge in [0.05, 0.1) is 12.0 Å². The summed E-state index contributed by atoms with van der Waals surface area (Å²) < 4.78 is 0. The van der Waals surface area contributed by atoms with Crippen molar-refractivity contribution in [3.63, 3.8) is 0 Å². The number of carbonyl (C=O) groups is 1. The third-order valence-corrected chi connectivity index (χ3v) is 12.7. The number of carboxylic acid groups (broad SMARTS) is 1. The maximum atomic E-state index is 11.8. The molecule has 0 aromatic rings. The summed E-state index contributed by atoms with van der Waals surface area (Å²) in [7, 11) is 0. The minimum absolute atomic E-state index is 0.583. The Labute approximate surface area is 353 Å². The third kappa shape index (κ3) is 44.3. The van der Waals surface area contributed by atoms with Crippen molar-refractivity contribution in [1.82, 2.24) is 0 Å². The zero-order chi connectivity index (χ0) is 40.7. The van der Waals surface area contributed by atoms with Crippen molar-refractivity contribution >= 4 is 5.97 Å². The van der Waals surface area contributed by atoms with Crippen LogP contribution in [0, 0.1) is 5.92 Å². The first-order chi connectivity index (χ1) is 27.6. The summed E-state index contributed by atoms with van der Waals surface area (Å²) in [6, 6.07) is 0. The SMILES string of the molecule is CCCCCCCCCCCCCCCC/C=C\CCCCCCCCCCCCC(O)C(CCCCCCCCCCCCCCCCCCCC)C(=O)O. The van der Waals surface area contributed by atoms with Crippen LogP contribution in [0.2, 0.25) is 0 Å². The molecule has 0 rings (SSSR count). The van der Waals surface area contributed by atoms with Crippen LogP contribution in [-0.4, -0.2) is 22.3 Å². The monoisotopic (exact) mass is 789 g/mol. The van der Waals surface area contributed by atoms with Crippen LogP contribution in [-0.2, 0) is 4.79 Å². The first-order valence-electron chi connectivity index (χ1n) is 26.2. The Kier molecular flexibility index (Phi) is 47.8. The number of allylic oxidation sites excluding steroid dienone is 2. The van der Waals surface area contributed by atoms with Crippen LogP contribution < -0.4 is 0 Å². The van der Waals surface area contributed by atoms with E-state index in [4.69, 9.17) is 0 Å². The van der Waals surface area contributed by atoms with Crippen molar-refractivity contribution < 1.29 is 15.0 Å². The lowest BCUT2D eigenvalue weighted by molar-refractivity contribution is -0.146. The molecule has 0 amide bonds. The summed E-state index contributed by atoms with van der Waals surface area (Å²) in [6.45, 7) is 4.59. The molecule has 3 heteroatoms. The number of aliphatic carboxylic acids is 1.